The lowest BCUT2D eigenvalue weighted by Crippen LogP contribution is -2.28. The first-order valence-corrected chi connectivity index (χ1v) is 8.28. The molecule has 2 nitrogen and oxygen atoms in total. The number of hydrogen-bond acceptors (Lipinski definition) is 2. The zero-order chi connectivity index (χ0) is 14.9. The van der Waals surface area contributed by atoms with Crippen molar-refractivity contribution < 1.29 is 0 Å². The average molecular weight is 311 g/mol. The lowest BCUT2D eigenvalue weighted by atomic mass is 9.93. The summed E-state index contributed by atoms with van der Waals surface area (Å²) in [6, 6.07) is 19.3. The molecule has 112 valence electrons. The van der Waals surface area contributed by atoms with E-state index in [0.717, 1.165) is 17.5 Å². The minimum atomic E-state index is 0.168. The van der Waals surface area contributed by atoms with Gasteiger partial charge in [0.25, 0.3) is 0 Å². The van der Waals surface area contributed by atoms with Gasteiger partial charge in [-0.1, -0.05) is 54.1 Å². The van der Waals surface area contributed by atoms with E-state index in [4.69, 9.17) is 16.6 Å². The molecule has 22 heavy (non-hydrogen) atoms. The minimum absolute atomic E-state index is 0.168. The predicted octanol–water partition coefficient (Wildman–Crippen LogP) is 4.88. The van der Waals surface area contributed by atoms with Gasteiger partial charge in [0.2, 0.25) is 0 Å². The molecule has 0 bridgehead atoms. The van der Waals surface area contributed by atoms with Gasteiger partial charge in [0, 0.05) is 11.6 Å². The van der Waals surface area contributed by atoms with Crippen molar-refractivity contribution >= 4 is 17.9 Å². The van der Waals surface area contributed by atoms with Gasteiger partial charge in [0.1, 0.15) is 6.04 Å². The van der Waals surface area contributed by atoms with Gasteiger partial charge in [0.05, 0.1) is 12.4 Å². The Morgan fingerprint density at radius 2 is 1.68 bits per heavy atom. The van der Waals surface area contributed by atoms with Crippen molar-refractivity contribution in [2.24, 2.45) is 10.9 Å². The zero-order valence-corrected chi connectivity index (χ0v) is 13.2. The Morgan fingerprint density at radius 3 is 2.36 bits per heavy atom. The molecule has 0 amide bonds. The molecule has 4 rings (SSSR count). The molecule has 0 N–H and O–H groups in total. The van der Waals surface area contributed by atoms with E-state index in [1.165, 1.54) is 24.0 Å². The summed E-state index contributed by atoms with van der Waals surface area (Å²) in [6.45, 7) is 1.11. The van der Waals surface area contributed by atoms with Crippen LogP contribution in [0.2, 0.25) is 5.02 Å². The molecule has 2 aliphatic rings. The van der Waals surface area contributed by atoms with Crippen LogP contribution >= 0.6 is 11.6 Å². The first-order valence-electron chi connectivity index (χ1n) is 7.91. The van der Waals surface area contributed by atoms with E-state index in [-0.39, 0.29) is 12.1 Å². The van der Waals surface area contributed by atoms with Gasteiger partial charge >= 0.3 is 0 Å². The third kappa shape index (κ3) is 2.76. The normalized spacial score (nSPS) is 24.0. The number of benzene rings is 2. The average Bonchev–Trinajstić information content (AvgIpc) is 3.27. The quantitative estimate of drug-likeness (QED) is 0.786. The van der Waals surface area contributed by atoms with Gasteiger partial charge in [-0.25, -0.2) is 0 Å². The van der Waals surface area contributed by atoms with Crippen molar-refractivity contribution in [3.05, 3.63) is 70.7 Å². The Kier molecular flexibility index (Phi) is 3.63. The Morgan fingerprint density at radius 1 is 0.955 bits per heavy atom. The fourth-order valence-corrected chi connectivity index (χ4v) is 3.33. The van der Waals surface area contributed by atoms with Crippen LogP contribution in [0.15, 0.2) is 59.6 Å². The minimum Gasteiger partial charge on any atom is -0.353 e. The van der Waals surface area contributed by atoms with E-state index in [9.17, 15) is 0 Å². The first kappa shape index (κ1) is 13.8. The van der Waals surface area contributed by atoms with Crippen LogP contribution in [0.4, 0.5) is 0 Å². The molecule has 1 aliphatic heterocycles. The van der Waals surface area contributed by atoms with Gasteiger partial charge in [-0.15, -0.1) is 0 Å². The van der Waals surface area contributed by atoms with Gasteiger partial charge < -0.3 is 4.90 Å². The summed E-state index contributed by atoms with van der Waals surface area (Å²) >= 11 is 6.06. The Balaban J connectivity index is 1.67. The zero-order valence-electron chi connectivity index (χ0n) is 12.4. The molecular formula is C19H19ClN2. The van der Waals surface area contributed by atoms with Gasteiger partial charge in [-0.05, 0) is 42.0 Å². The molecule has 1 heterocycles. The molecule has 0 saturated heterocycles. The van der Waals surface area contributed by atoms with E-state index < -0.39 is 0 Å². The van der Waals surface area contributed by atoms with Crippen LogP contribution in [0.5, 0.6) is 0 Å². The van der Waals surface area contributed by atoms with Crippen LogP contribution in [0.25, 0.3) is 0 Å². The Labute approximate surface area is 136 Å². The highest BCUT2D eigenvalue weighted by atomic mass is 35.5. The lowest BCUT2D eigenvalue weighted by molar-refractivity contribution is 0.306. The molecular weight excluding hydrogens is 292 g/mol. The predicted molar refractivity (Wildman–Crippen MR) is 91.3 cm³/mol. The number of rotatable bonds is 4. The van der Waals surface area contributed by atoms with Crippen LogP contribution in [-0.4, -0.2) is 17.8 Å². The number of halogens is 1. The molecule has 0 radical (unpaired) electrons. The van der Waals surface area contributed by atoms with E-state index in [1.54, 1.807) is 0 Å². The van der Waals surface area contributed by atoms with Crippen molar-refractivity contribution in [1.82, 2.24) is 4.90 Å². The maximum absolute atomic E-state index is 6.06. The molecule has 2 aromatic carbocycles. The van der Waals surface area contributed by atoms with E-state index in [0.29, 0.717) is 0 Å². The molecule has 0 aromatic heterocycles. The number of hydrogen-bond donors (Lipinski definition) is 0. The van der Waals surface area contributed by atoms with Crippen LogP contribution in [0.3, 0.4) is 0 Å². The molecule has 2 atom stereocenters. The summed E-state index contributed by atoms with van der Waals surface area (Å²) in [5.74, 6) is 0.843. The first-order chi connectivity index (χ1) is 10.8. The van der Waals surface area contributed by atoms with Crippen LogP contribution in [0.1, 0.15) is 36.1 Å². The summed E-state index contributed by atoms with van der Waals surface area (Å²) in [4.78, 5) is 7.23. The van der Waals surface area contributed by atoms with Crippen molar-refractivity contribution in [1.29, 1.82) is 0 Å². The number of nitrogens with zero attached hydrogens (tertiary/aromatic N) is 2. The molecule has 2 aromatic rings. The Bertz CT molecular complexity index is 662. The largest absolute Gasteiger partial charge is 0.353 e. The highest BCUT2D eigenvalue weighted by Gasteiger charge is 2.36. The second kappa shape index (κ2) is 5.77. The molecule has 1 aliphatic carbocycles. The van der Waals surface area contributed by atoms with Gasteiger partial charge in [0.15, 0.2) is 0 Å². The van der Waals surface area contributed by atoms with Crippen molar-refractivity contribution in [2.75, 3.05) is 6.54 Å². The summed E-state index contributed by atoms with van der Waals surface area (Å²) in [5, 5.41) is 0.785. The van der Waals surface area contributed by atoms with E-state index in [1.807, 2.05) is 12.1 Å². The highest BCUT2D eigenvalue weighted by molar-refractivity contribution is 6.30. The molecule has 1 fully saturated rings. The third-order valence-corrected chi connectivity index (χ3v) is 4.80. The number of aliphatic imine (C=N–C) groups is 1. The van der Waals surface area contributed by atoms with Gasteiger partial charge in [-0.3, -0.25) is 4.99 Å². The maximum Gasteiger partial charge on any atom is 0.101 e. The summed E-state index contributed by atoms with van der Waals surface area (Å²) in [5.41, 5.74) is 2.56. The second-order valence-corrected chi connectivity index (χ2v) is 6.69. The van der Waals surface area contributed by atoms with Crippen LogP contribution < -0.4 is 0 Å². The van der Waals surface area contributed by atoms with Crippen LogP contribution in [-0.2, 0) is 0 Å². The topological polar surface area (TPSA) is 15.6 Å². The SMILES string of the molecule is Clc1ccc([C@H]2[C@H](c3ccccc3)N=CN2CC2CC2)cc1. The molecule has 3 heteroatoms. The second-order valence-electron chi connectivity index (χ2n) is 6.26. The standard InChI is InChI=1S/C19H19ClN2/c20-17-10-8-16(9-11-17)19-18(15-4-2-1-3-5-15)21-13-22(19)12-14-6-7-14/h1-5,8-11,13-14,18-19H,6-7,12H2/t18-,19-/m0/s1. The highest BCUT2D eigenvalue weighted by Crippen LogP contribution is 2.42. The molecule has 0 unspecified atom stereocenters. The summed E-state index contributed by atoms with van der Waals surface area (Å²) in [7, 11) is 0. The molecule has 1 saturated carbocycles. The fourth-order valence-electron chi connectivity index (χ4n) is 3.20. The fraction of sp³-hybridized carbons (Fsp3) is 0.316. The van der Waals surface area contributed by atoms with Crippen molar-refractivity contribution in [2.45, 2.75) is 24.9 Å². The third-order valence-electron chi connectivity index (χ3n) is 4.55. The van der Waals surface area contributed by atoms with E-state index >= 15 is 0 Å². The summed E-state index contributed by atoms with van der Waals surface area (Å²) in [6.07, 6.45) is 4.76. The maximum atomic E-state index is 6.06. The smallest absolute Gasteiger partial charge is 0.101 e. The van der Waals surface area contributed by atoms with Crippen molar-refractivity contribution in [3.63, 3.8) is 0 Å². The Hall–Kier alpha value is -1.80. The lowest BCUT2D eigenvalue weighted by Gasteiger charge is -2.29. The summed E-state index contributed by atoms with van der Waals surface area (Å²) < 4.78 is 0. The van der Waals surface area contributed by atoms with Crippen molar-refractivity contribution in [3.8, 4) is 0 Å². The van der Waals surface area contributed by atoms with E-state index in [2.05, 4.69) is 53.7 Å². The van der Waals surface area contributed by atoms with Crippen LogP contribution in [0, 0.1) is 5.92 Å². The monoisotopic (exact) mass is 310 g/mol. The van der Waals surface area contributed by atoms with Gasteiger partial charge in [-0.2, -0.15) is 0 Å². The molecule has 0 spiro atoms.